The van der Waals surface area contributed by atoms with E-state index in [1.54, 1.807) is 5.38 Å². The SMILES string of the molecule is O=C(O)c1csc(-c2c(OCc3ccccc3)ccc3ccccc23)n1. The fraction of sp³-hybridized carbons (Fsp3) is 0.0476. The van der Waals surface area contributed by atoms with E-state index in [-0.39, 0.29) is 5.69 Å². The smallest absolute Gasteiger partial charge is 0.355 e. The van der Waals surface area contributed by atoms with Gasteiger partial charge in [0.25, 0.3) is 0 Å². The van der Waals surface area contributed by atoms with Crippen molar-refractivity contribution in [2.24, 2.45) is 0 Å². The molecule has 0 radical (unpaired) electrons. The normalized spacial score (nSPS) is 10.8. The number of carboxylic acids is 1. The zero-order valence-corrected chi connectivity index (χ0v) is 14.6. The van der Waals surface area contributed by atoms with Crippen LogP contribution < -0.4 is 4.74 Å². The van der Waals surface area contributed by atoms with Gasteiger partial charge in [-0.15, -0.1) is 11.3 Å². The fourth-order valence-electron chi connectivity index (χ4n) is 2.81. The van der Waals surface area contributed by atoms with E-state index in [0.29, 0.717) is 17.4 Å². The molecular formula is C21H15NO3S. The largest absolute Gasteiger partial charge is 0.488 e. The van der Waals surface area contributed by atoms with Crippen LogP contribution in [0.4, 0.5) is 0 Å². The zero-order valence-electron chi connectivity index (χ0n) is 13.8. The lowest BCUT2D eigenvalue weighted by Gasteiger charge is -2.13. The molecule has 0 aliphatic carbocycles. The Morgan fingerprint density at radius 1 is 1.00 bits per heavy atom. The molecule has 0 aliphatic heterocycles. The molecule has 0 unspecified atom stereocenters. The molecule has 1 N–H and O–H groups in total. The van der Waals surface area contributed by atoms with Crippen LogP contribution in [-0.2, 0) is 6.61 Å². The highest BCUT2D eigenvalue weighted by molar-refractivity contribution is 7.13. The number of fused-ring (bicyclic) bond motifs is 1. The van der Waals surface area contributed by atoms with Gasteiger partial charge in [0.05, 0.1) is 5.56 Å². The molecule has 0 atom stereocenters. The third-order valence-corrected chi connectivity index (χ3v) is 4.92. The quantitative estimate of drug-likeness (QED) is 0.528. The van der Waals surface area contributed by atoms with Crippen LogP contribution in [0.2, 0.25) is 0 Å². The van der Waals surface area contributed by atoms with E-state index >= 15 is 0 Å². The number of carbonyl (C=O) groups is 1. The van der Waals surface area contributed by atoms with E-state index in [9.17, 15) is 9.90 Å². The second-order valence-corrected chi connectivity index (χ2v) is 6.64. The number of thiazole rings is 1. The van der Waals surface area contributed by atoms with Gasteiger partial charge in [0, 0.05) is 5.38 Å². The van der Waals surface area contributed by atoms with Crippen molar-refractivity contribution < 1.29 is 14.6 Å². The number of carboxylic acid groups (broad SMARTS) is 1. The molecule has 0 amide bonds. The molecule has 1 aromatic heterocycles. The number of hydrogen-bond acceptors (Lipinski definition) is 4. The van der Waals surface area contributed by atoms with Crippen molar-refractivity contribution in [1.29, 1.82) is 0 Å². The van der Waals surface area contributed by atoms with Crippen LogP contribution in [0.1, 0.15) is 16.1 Å². The average molecular weight is 361 g/mol. The first-order valence-electron chi connectivity index (χ1n) is 8.10. The monoisotopic (exact) mass is 361 g/mol. The van der Waals surface area contributed by atoms with Crippen molar-refractivity contribution >= 4 is 28.1 Å². The molecule has 1 heterocycles. The average Bonchev–Trinajstić information content (AvgIpc) is 3.17. The van der Waals surface area contributed by atoms with Crippen LogP contribution in [-0.4, -0.2) is 16.1 Å². The highest BCUT2D eigenvalue weighted by atomic mass is 32.1. The summed E-state index contributed by atoms with van der Waals surface area (Å²) in [5, 5.41) is 13.4. The minimum atomic E-state index is -1.03. The first-order chi connectivity index (χ1) is 12.7. The van der Waals surface area contributed by atoms with Crippen LogP contribution in [0.5, 0.6) is 5.75 Å². The summed E-state index contributed by atoms with van der Waals surface area (Å²) in [6.45, 7) is 0.434. The van der Waals surface area contributed by atoms with Gasteiger partial charge in [0.1, 0.15) is 17.4 Å². The van der Waals surface area contributed by atoms with Gasteiger partial charge in [-0.25, -0.2) is 9.78 Å². The Morgan fingerprint density at radius 3 is 2.54 bits per heavy atom. The van der Waals surface area contributed by atoms with E-state index in [0.717, 1.165) is 21.9 Å². The highest BCUT2D eigenvalue weighted by Gasteiger charge is 2.17. The number of aromatic carboxylic acids is 1. The number of benzene rings is 3. The van der Waals surface area contributed by atoms with E-state index in [2.05, 4.69) is 4.98 Å². The highest BCUT2D eigenvalue weighted by Crippen LogP contribution is 2.39. The molecule has 0 aliphatic rings. The molecule has 0 saturated heterocycles. The van der Waals surface area contributed by atoms with Crippen molar-refractivity contribution in [3.63, 3.8) is 0 Å². The summed E-state index contributed by atoms with van der Waals surface area (Å²) in [5.41, 5.74) is 1.94. The molecule has 0 spiro atoms. The van der Waals surface area contributed by atoms with Crippen LogP contribution >= 0.6 is 11.3 Å². The Balaban J connectivity index is 1.80. The van der Waals surface area contributed by atoms with Gasteiger partial charge >= 0.3 is 5.97 Å². The predicted octanol–water partition coefficient (Wildman–Crippen LogP) is 5.24. The summed E-state index contributed by atoms with van der Waals surface area (Å²) in [6.07, 6.45) is 0. The molecule has 0 fully saturated rings. The van der Waals surface area contributed by atoms with Crippen molar-refractivity contribution in [3.8, 4) is 16.3 Å². The van der Waals surface area contributed by atoms with Gasteiger partial charge < -0.3 is 9.84 Å². The summed E-state index contributed by atoms with van der Waals surface area (Å²) >= 11 is 1.31. The van der Waals surface area contributed by atoms with E-state index < -0.39 is 5.97 Å². The summed E-state index contributed by atoms with van der Waals surface area (Å²) in [5.74, 6) is -0.335. The number of rotatable bonds is 5. The molecular weight excluding hydrogens is 346 g/mol. The minimum Gasteiger partial charge on any atom is -0.488 e. The van der Waals surface area contributed by atoms with Gasteiger partial charge in [-0.1, -0.05) is 60.7 Å². The van der Waals surface area contributed by atoms with Gasteiger partial charge in [-0.2, -0.15) is 0 Å². The van der Waals surface area contributed by atoms with Gasteiger partial charge in [-0.3, -0.25) is 0 Å². The summed E-state index contributed by atoms with van der Waals surface area (Å²) in [6, 6.07) is 21.8. The molecule has 4 nitrogen and oxygen atoms in total. The maximum Gasteiger partial charge on any atom is 0.355 e. The van der Waals surface area contributed by atoms with E-state index in [4.69, 9.17) is 4.74 Å². The Kier molecular flexibility index (Phi) is 4.37. The summed E-state index contributed by atoms with van der Waals surface area (Å²) < 4.78 is 6.07. The van der Waals surface area contributed by atoms with Gasteiger partial charge in [-0.05, 0) is 22.4 Å². The standard InChI is InChI=1S/C21H15NO3S/c23-21(24)17-13-26-20(22-17)19-16-9-5-4-8-15(16)10-11-18(19)25-12-14-6-2-1-3-7-14/h1-11,13H,12H2,(H,23,24). The molecule has 128 valence electrons. The second kappa shape index (κ2) is 6.98. The number of aromatic nitrogens is 1. The predicted molar refractivity (Wildman–Crippen MR) is 103 cm³/mol. The summed E-state index contributed by atoms with van der Waals surface area (Å²) in [4.78, 5) is 15.5. The fourth-order valence-corrected chi connectivity index (χ4v) is 3.67. The van der Waals surface area contributed by atoms with Crippen molar-refractivity contribution in [3.05, 3.63) is 83.4 Å². The number of hydrogen-bond donors (Lipinski definition) is 1. The van der Waals surface area contributed by atoms with E-state index in [1.165, 1.54) is 11.3 Å². The zero-order chi connectivity index (χ0) is 17.9. The Bertz CT molecular complexity index is 1070. The van der Waals surface area contributed by atoms with Crippen LogP contribution in [0.3, 0.4) is 0 Å². The lowest BCUT2D eigenvalue weighted by atomic mass is 10.0. The Hall–Kier alpha value is -3.18. The first-order valence-corrected chi connectivity index (χ1v) is 8.98. The van der Waals surface area contributed by atoms with Crippen LogP contribution in [0.15, 0.2) is 72.1 Å². The first kappa shape index (κ1) is 16.3. The van der Waals surface area contributed by atoms with Crippen LogP contribution in [0.25, 0.3) is 21.3 Å². The second-order valence-electron chi connectivity index (χ2n) is 5.78. The molecule has 0 bridgehead atoms. The minimum absolute atomic E-state index is 0.0481. The molecule has 4 rings (SSSR count). The van der Waals surface area contributed by atoms with Gasteiger partial charge in [0.15, 0.2) is 5.69 Å². The topological polar surface area (TPSA) is 59.4 Å². The molecule has 26 heavy (non-hydrogen) atoms. The molecule has 3 aromatic carbocycles. The van der Waals surface area contributed by atoms with Crippen molar-refractivity contribution in [2.75, 3.05) is 0 Å². The lowest BCUT2D eigenvalue weighted by Crippen LogP contribution is -1.98. The number of nitrogens with zero attached hydrogens (tertiary/aromatic N) is 1. The Labute approximate surface area is 154 Å². The summed E-state index contributed by atoms with van der Waals surface area (Å²) in [7, 11) is 0. The molecule has 0 saturated carbocycles. The number of ether oxygens (including phenoxy) is 1. The lowest BCUT2D eigenvalue weighted by molar-refractivity contribution is 0.0691. The van der Waals surface area contributed by atoms with Gasteiger partial charge in [0.2, 0.25) is 0 Å². The maximum atomic E-state index is 11.2. The Morgan fingerprint density at radius 2 is 1.77 bits per heavy atom. The maximum absolute atomic E-state index is 11.2. The molecule has 5 heteroatoms. The third kappa shape index (κ3) is 3.17. The van der Waals surface area contributed by atoms with Crippen LogP contribution in [0, 0.1) is 0 Å². The third-order valence-electron chi connectivity index (χ3n) is 4.07. The van der Waals surface area contributed by atoms with Crippen molar-refractivity contribution in [1.82, 2.24) is 4.98 Å². The van der Waals surface area contributed by atoms with E-state index in [1.807, 2.05) is 66.7 Å². The van der Waals surface area contributed by atoms with Crippen molar-refractivity contribution in [2.45, 2.75) is 6.61 Å². The molecule has 4 aromatic rings.